The van der Waals surface area contributed by atoms with Gasteiger partial charge in [0, 0.05) is 0 Å². The number of benzene rings is 2. The molecule has 0 fully saturated rings. The molecule has 0 atom stereocenters. The van der Waals surface area contributed by atoms with Gasteiger partial charge in [0.25, 0.3) is 5.91 Å². The number of amides is 1. The third kappa shape index (κ3) is 3.16. The lowest BCUT2D eigenvalue weighted by atomic mass is 10.1. The minimum absolute atomic E-state index is 0.0941. The number of rotatable bonds is 5. The molecule has 1 amide bonds. The van der Waals surface area contributed by atoms with Gasteiger partial charge in [-0.15, -0.1) is 0 Å². The van der Waals surface area contributed by atoms with Crippen LogP contribution >= 0.6 is 0 Å². The van der Waals surface area contributed by atoms with Gasteiger partial charge < -0.3 is 20.2 Å². The molecule has 2 aromatic carbocycles. The summed E-state index contributed by atoms with van der Waals surface area (Å²) in [5.74, 6) is 0.418. The summed E-state index contributed by atoms with van der Waals surface area (Å²) in [6.07, 6.45) is 0. The lowest BCUT2D eigenvalue weighted by Gasteiger charge is -2.11. The summed E-state index contributed by atoms with van der Waals surface area (Å²) in [6, 6.07) is 12.5. The van der Waals surface area contributed by atoms with Crippen molar-refractivity contribution >= 4 is 17.1 Å². The summed E-state index contributed by atoms with van der Waals surface area (Å²) in [4.78, 5) is 36.4. The summed E-state index contributed by atoms with van der Waals surface area (Å²) in [6.45, 7) is 1.92. The first kappa shape index (κ1) is 19.2. The van der Waals surface area contributed by atoms with Crippen LogP contribution in [0.15, 0.2) is 47.3 Å². The second-order valence-corrected chi connectivity index (χ2v) is 6.63. The van der Waals surface area contributed by atoms with Crippen LogP contribution in [0.4, 0.5) is 0 Å². The lowest BCUT2D eigenvalue weighted by Crippen LogP contribution is -2.15. The van der Waals surface area contributed by atoms with E-state index in [1.54, 1.807) is 24.3 Å². The molecule has 4 rings (SSSR count). The van der Waals surface area contributed by atoms with Crippen molar-refractivity contribution in [3.63, 3.8) is 0 Å². The zero-order valence-corrected chi connectivity index (χ0v) is 16.6. The molecule has 4 aromatic rings. The van der Waals surface area contributed by atoms with Gasteiger partial charge in [0.1, 0.15) is 17.0 Å². The molecule has 30 heavy (non-hydrogen) atoms. The van der Waals surface area contributed by atoms with E-state index < -0.39 is 11.6 Å². The van der Waals surface area contributed by atoms with Crippen LogP contribution in [0.25, 0.3) is 28.2 Å². The molecule has 9 nitrogen and oxygen atoms in total. The van der Waals surface area contributed by atoms with E-state index >= 15 is 0 Å². The Labute approximate surface area is 171 Å². The van der Waals surface area contributed by atoms with Crippen molar-refractivity contribution < 1.29 is 14.3 Å². The first-order chi connectivity index (χ1) is 14.4. The molecule has 152 valence electrons. The number of aromatic nitrogens is 4. The van der Waals surface area contributed by atoms with Crippen molar-refractivity contribution in [2.75, 3.05) is 14.2 Å². The maximum absolute atomic E-state index is 12.7. The van der Waals surface area contributed by atoms with Gasteiger partial charge in [0.05, 0.1) is 25.5 Å². The minimum Gasteiger partial charge on any atom is -0.497 e. The number of carbonyl (C=O) groups excluding carboxylic acids is 1. The number of nitrogens with one attached hydrogen (secondary N) is 1. The van der Waals surface area contributed by atoms with Gasteiger partial charge >= 0.3 is 5.69 Å². The third-order valence-corrected chi connectivity index (χ3v) is 4.68. The number of aryl methyl sites for hydroxylation is 1. The molecule has 0 aliphatic carbocycles. The molecular formula is C21H19N5O4. The fourth-order valence-electron chi connectivity index (χ4n) is 3.28. The van der Waals surface area contributed by atoms with Gasteiger partial charge in [-0.05, 0) is 42.8 Å². The van der Waals surface area contributed by atoms with Crippen LogP contribution in [0.2, 0.25) is 0 Å². The fourth-order valence-corrected chi connectivity index (χ4v) is 3.28. The Bertz CT molecular complexity index is 1340. The summed E-state index contributed by atoms with van der Waals surface area (Å²) >= 11 is 0. The number of nitrogens with zero attached hydrogens (tertiary/aromatic N) is 3. The van der Waals surface area contributed by atoms with Gasteiger partial charge in [-0.25, -0.2) is 19.3 Å². The third-order valence-electron chi connectivity index (χ3n) is 4.68. The largest absolute Gasteiger partial charge is 0.497 e. The van der Waals surface area contributed by atoms with Gasteiger partial charge in [-0.2, -0.15) is 0 Å². The number of hydrogen-bond donors (Lipinski definition) is 2. The maximum atomic E-state index is 12.7. The van der Waals surface area contributed by atoms with Gasteiger partial charge in [-0.3, -0.25) is 4.79 Å². The number of carbonyl (C=O) groups is 1. The van der Waals surface area contributed by atoms with Crippen molar-refractivity contribution in [2.24, 2.45) is 5.73 Å². The van der Waals surface area contributed by atoms with Crippen LogP contribution in [0.1, 0.15) is 16.1 Å². The quantitative estimate of drug-likeness (QED) is 0.524. The molecule has 0 saturated heterocycles. The standard InChI is InChI=1S/C21H19N5O4/c1-11-5-4-6-12(9-11)26-20-17(24-21(26)28)16(18(22)27)23-19(25-20)14-10-13(29-2)7-8-15(14)30-3/h4-10H,1-3H3,(H2,22,27)(H,24,28). The normalized spacial score (nSPS) is 10.9. The second-order valence-electron chi connectivity index (χ2n) is 6.63. The predicted molar refractivity (Wildman–Crippen MR) is 111 cm³/mol. The number of primary amides is 1. The number of H-pyrrole nitrogens is 1. The molecule has 0 bridgehead atoms. The first-order valence-corrected chi connectivity index (χ1v) is 9.05. The Balaban J connectivity index is 2.08. The van der Waals surface area contributed by atoms with Crippen LogP contribution in [0.5, 0.6) is 11.5 Å². The topological polar surface area (TPSA) is 125 Å². The van der Waals surface area contributed by atoms with Crippen LogP contribution in [-0.2, 0) is 0 Å². The van der Waals surface area contributed by atoms with Crippen molar-refractivity contribution in [3.05, 3.63) is 64.2 Å². The molecule has 0 aliphatic heterocycles. The van der Waals surface area contributed by atoms with Gasteiger partial charge in [0.15, 0.2) is 17.2 Å². The van der Waals surface area contributed by atoms with E-state index in [2.05, 4.69) is 15.0 Å². The zero-order valence-electron chi connectivity index (χ0n) is 16.6. The minimum atomic E-state index is -0.789. The van der Waals surface area contributed by atoms with E-state index in [-0.39, 0.29) is 22.7 Å². The Hall–Kier alpha value is -4.14. The highest BCUT2D eigenvalue weighted by Crippen LogP contribution is 2.32. The molecule has 9 heteroatoms. The summed E-state index contributed by atoms with van der Waals surface area (Å²) in [7, 11) is 3.05. The van der Waals surface area contributed by atoms with Crippen molar-refractivity contribution in [1.29, 1.82) is 0 Å². The Morgan fingerprint density at radius 3 is 2.57 bits per heavy atom. The number of nitrogens with two attached hydrogens (primary N) is 1. The SMILES string of the molecule is COc1ccc(OC)c(-c2nc(C(N)=O)c3[nH]c(=O)n(-c4cccc(C)c4)c3n2)c1. The van der Waals surface area contributed by atoms with E-state index in [4.69, 9.17) is 15.2 Å². The Kier molecular flexibility index (Phi) is 4.71. The highest BCUT2D eigenvalue weighted by molar-refractivity contribution is 6.02. The average Bonchev–Trinajstić information content (AvgIpc) is 3.07. The van der Waals surface area contributed by atoms with Gasteiger partial charge in [-0.1, -0.05) is 12.1 Å². The van der Waals surface area contributed by atoms with Gasteiger partial charge in [0.2, 0.25) is 0 Å². The maximum Gasteiger partial charge on any atom is 0.332 e. The number of aromatic amines is 1. The highest BCUT2D eigenvalue weighted by atomic mass is 16.5. The van der Waals surface area contributed by atoms with E-state index in [9.17, 15) is 9.59 Å². The fraction of sp³-hybridized carbons (Fsp3) is 0.143. The molecule has 2 heterocycles. The monoisotopic (exact) mass is 405 g/mol. The Morgan fingerprint density at radius 2 is 1.90 bits per heavy atom. The molecule has 3 N–H and O–H groups in total. The number of methoxy groups -OCH3 is 2. The van der Waals surface area contributed by atoms with E-state index in [1.807, 2.05) is 25.1 Å². The molecular weight excluding hydrogens is 386 g/mol. The average molecular weight is 405 g/mol. The molecule has 0 unspecified atom stereocenters. The smallest absolute Gasteiger partial charge is 0.332 e. The summed E-state index contributed by atoms with van der Waals surface area (Å²) < 4.78 is 12.1. The molecule has 0 spiro atoms. The highest BCUT2D eigenvalue weighted by Gasteiger charge is 2.22. The van der Waals surface area contributed by atoms with E-state index in [0.29, 0.717) is 22.7 Å². The van der Waals surface area contributed by atoms with Crippen LogP contribution in [0.3, 0.4) is 0 Å². The number of ether oxygens (including phenoxy) is 2. The first-order valence-electron chi connectivity index (χ1n) is 9.05. The van der Waals surface area contributed by atoms with Crippen molar-refractivity contribution in [2.45, 2.75) is 6.92 Å². The van der Waals surface area contributed by atoms with E-state index in [1.165, 1.54) is 18.8 Å². The molecule has 0 aliphatic rings. The summed E-state index contributed by atoms with van der Waals surface area (Å²) in [5, 5.41) is 0. The lowest BCUT2D eigenvalue weighted by molar-refractivity contribution is 0.0997. The number of imidazole rings is 1. The molecule has 0 radical (unpaired) electrons. The summed E-state index contributed by atoms with van der Waals surface area (Å²) in [5.41, 5.74) is 7.46. The molecule has 2 aromatic heterocycles. The van der Waals surface area contributed by atoms with Crippen LogP contribution in [-0.4, -0.2) is 39.6 Å². The number of fused-ring (bicyclic) bond motifs is 1. The van der Waals surface area contributed by atoms with Crippen LogP contribution < -0.4 is 20.9 Å². The second kappa shape index (κ2) is 7.36. The number of hydrogen-bond acceptors (Lipinski definition) is 6. The van der Waals surface area contributed by atoms with Crippen molar-refractivity contribution in [3.8, 4) is 28.6 Å². The van der Waals surface area contributed by atoms with Crippen molar-refractivity contribution in [1.82, 2.24) is 19.5 Å². The Morgan fingerprint density at radius 1 is 1.10 bits per heavy atom. The van der Waals surface area contributed by atoms with E-state index in [0.717, 1.165) is 5.56 Å². The molecule has 0 saturated carbocycles. The zero-order chi connectivity index (χ0) is 21.4. The van der Waals surface area contributed by atoms with Crippen LogP contribution in [0, 0.1) is 6.92 Å². The predicted octanol–water partition coefficient (Wildman–Crippen LogP) is 2.20.